The minimum absolute atomic E-state index is 0.313. The van der Waals surface area contributed by atoms with E-state index in [2.05, 4.69) is 41.9 Å². The third-order valence-corrected chi connectivity index (χ3v) is 10.0. The van der Waals surface area contributed by atoms with E-state index in [1.54, 1.807) is 18.2 Å². The maximum atomic E-state index is 14.0. The summed E-state index contributed by atoms with van der Waals surface area (Å²) in [7, 11) is 1.60. The van der Waals surface area contributed by atoms with Crippen LogP contribution in [0.2, 0.25) is 0 Å². The van der Waals surface area contributed by atoms with Gasteiger partial charge in [-0.2, -0.15) is 0 Å². The van der Waals surface area contributed by atoms with Gasteiger partial charge >= 0.3 is 0 Å². The molecule has 3 aliphatic heterocycles. The number of nitrogens with zero attached hydrogens (tertiary/aromatic N) is 6. The number of amides is 1. The number of carbonyl (C=O) groups is 1. The third kappa shape index (κ3) is 7.79. The highest BCUT2D eigenvalue weighted by molar-refractivity contribution is 6.02. The predicted molar refractivity (Wildman–Crippen MR) is 185 cm³/mol. The van der Waals surface area contributed by atoms with Crippen molar-refractivity contribution in [2.75, 3.05) is 80.1 Å². The molecule has 49 heavy (non-hydrogen) atoms. The molecule has 1 saturated carbocycles. The van der Waals surface area contributed by atoms with Crippen LogP contribution in [0, 0.1) is 17.6 Å². The van der Waals surface area contributed by atoms with Gasteiger partial charge in [0.05, 0.1) is 36.8 Å². The van der Waals surface area contributed by atoms with Crippen LogP contribution in [0.1, 0.15) is 43.7 Å². The van der Waals surface area contributed by atoms with Gasteiger partial charge in [0.2, 0.25) is 5.91 Å². The summed E-state index contributed by atoms with van der Waals surface area (Å²) in [5, 5.41) is 7.85. The Morgan fingerprint density at radius 1 is 0.959 bits per heavy atom. The Hall–Kier alpha value is -4.33. The van der Waals surface area contributed by atoms with Gasteiger partial charge in [0.1, 0.15) is 29.5 Å². The molecule has 4 aliphatic rings. The van der Waals surface area contributed by atoms with Gasteiger partial charge in [-0.3, -0.25) is 14.5 Å². The monoisotopic (exact) mass is 674 g/mol. The van der Waals surface area contributed by atoms with Crippen LogP contribution in [0.5, 0.6) is 5.75 Å². The fraction of sp³-hybridized carbons (Fsp3) is 0.472. The molecular formula is C36H44F2N8O3. The summed E-state index contributed by atoms with van der Waals surface area (Å²) in [6.07, 6.45) is 8.07. The van der Waals surface area contributed by atoms with Crippen molar-refractivity contribution in [3.8, 4) is 5.75 Å². The Labute approximate surface area is 285 Å². The van der Waals surface area contributed by atoms with E-state index in [0.29, 0.717) is 53.4 Å². The number of hydrogen-bond donors (Lipinski definition) is 2. The molecule has 4 heterocycles. The molecule has 11 nitrogen and oxygen atoms in total. The van der Waals surface area contributed by atoms with Crippen LogP contribution < -0.4 is 25.3 Å². The molecule has 0 radical (unpaired) electrons. The molecule has 2 aromatic carbocycles. The van der Waals surface area contributed by atoms with Crippen molar-refractivity contribution in [1.29, 1.82) is 0 Å². The van der Waals surface area contributed by atoms with E-state index >= 15 is 0 Å². The largest absolute Gasteiger partial charge is 0.494 e. The lowest BCUT2D eigenvalue weighted by atomic mass is 10.0. The summed E-state index contributed by atoms with van der Waals surface area (Å²) in [5.41, 5.74) is 2.55. The second-order valence-electron chi connectivity index (χ2n) is 13.3. The molecule has 260 valence electrons. The Bertz CT molecular complexity index is 1640. The van der Waals surface area contributed by atoms with Crippen molar-refractivity contribution in [3.63, 3.8) is 0 Å². The highest BCUT2D eigenvalue weighted by Crippen LogP contribution is 2.41. The molecule has 0 spiro atoms. The van der Waals surface area contributed by atoms with E-state index in [-0.39, 0.29) is 5.91 Å². The van der Waals surface area contributed by atoms with Gasteiger partial charge in [-0.25, -0.2) is 23.8 Å². The van der Waals surface area contributed by atoms with Crippen LogP contribution in [0.4, 0.5) is 37.5 Å². The molecule has 1 aromatic heterocycles. The lowest BCUT2D eigenvalue weighted by Crippen LogP contribution is -2.53. The highest BCUT2D eigenvalue weighted by Gasteiger charge is 2.32. The van der Waals surface area contributed by atoms with Crippen LogP contribution in [0.15, 0.2) is 55.4 Å². The standard InChI is InChI=1S/C36H44F2N8O3/c1-3-36(47)42-29-19-30(41-34-21-35(40-23-39-34)46-31(8-15-49-46)25-16-26(37)18-27(38)17-25)33(48-2)20-32(29)45-9-6-28(7-10-45)44-13-11-43(12-14-44)22-24-4-5-24/h3,16-21,23-24,28,31H,1,4-15,22H2,2H3,(H,42,47)(H,39,40,41)/t31-/m1/s1. The van der Waals surface area contributed by atoms with Crippen LogP contribution in [-0.4, -0.2) is 91.2 Å². The molecule has 2 N–H and O–H groups in total. The highest BCUT2D eigenvalue weighted by atomic mass is 19.1. The maximum Gasteiger partial charge on any atom is 0.247 e. The summed E-state index contributed by atoms with van der Waals surface area (Å²) in [5.74, 6) is 0.758. The van der Waals surface area contributed by atoms with E-state index < -0.39 is 17.7 Å². The van der Waals surface area contributed by atoms with Crippen molar-refractivity contribution in [1.82, 2.24) is 19.8 Å². The Kier molecular flexibility index (Phi) is 9.92. The van der Waals surface area contributed by atoms with E-state index in [4.69, 9.17) is 9.57 Å². The molecule has 3 aromatic rings. The average molecular weight is 675 g/mol. The van der Waals surface area contributed by atoms with E-state index in [0.717, 1.165) is 69.8 Å². The SMILES string of the molecule is C=CC(=O)Nc1cc(Nc2cc(N3OCC[C@@H]3c3cc(F)cc(F)c3)ncn2)c(OC)cc1N1CCC(N2CCN(CC3CC3)CC2)CC1. The van der Waals surface area contributed by atoms with Crippen molar-refractivity contribution >= 4 is 34.6 Å². The minimum atomic E-state index is -0.649. The fourth-order valence-corrected chi connectivity index (χ4v) is 7.27. The summed E-state index contributed by atoms with van der Waals surface area (Å²) in [6.45, 7) is 11.6. The van der Waals surface area contributed by atoms with Crippen molar-refractivity contribution < 1.29 is 23.1 Å². The smallest absolute Gasteiger partial charge is 0.247 e. The molecule has 1 amide bonds. The first-order valence-electron chi connectivity index (χ1n) is 17.2. The molecule has 7 rings (SSSR count). The van der Waals surface area contributed by atoms with Crippen LogP contribution in [-0.2, 0) is 9.63 Å². The first kappa shape index (κ1) is 33.2. The Morgan fingerprint density at radius 3 is 2.41 bits per heavy atom. The summed E-state index contributed by atoms with van der Waals surface area (Å²) in [6, 6.07) is 9.07. The number of halogens is 2. The molecule has 0 unspecified atom stereocenters. The summed E-state index contributed by atoms with van der Waals surface area (Å²) < 4.78 is 33.9. The quantitative estimate of drug-likeness (QED) is 0.254. The topological polar surface area (TPSA) is 98.3 Å². The number of hydroxylamine groups is 1. The molecule has 3 saturated heterocycles. The first-order valence-corrected chi connectivity index (χ1v) is 17.2. The van der Waals surface area contributed by atoms with E-state index in [9.17, 15) is 13.6 Å². The van der Waals surface area contributed by atoms with Gasteiger partial charge in [0.15, 0.2) is 5.82 Å². The third-order valence-electron chi connectivity index (χ3n) is 10.0. The van der Waals surface area contributed by atoms with Crippen LogP contribution >= 0.6 is 0 Å². The number of piperazine rings is 1. The average Bonchev–Trinajstić information content (AvgIpc) is 3.79. The number of hydrogen-bond acceptors (Lipinski definition) is 10. The van der Waals surface area contributed by atoms with Gasteiger partial charge in [-0.05, 0) is 61.4 Å². The molecule has 1 aliphatic carbocycles. The molecule has 13 heteroatoms. The van der Waals surface area contributed by atoms with Gasteiger partial charge in [0, 0.05) is 76.5 Å². The molecule has 0 bridgehead atoms. The van der Waals surface area contributed by atoms with Gasteiger partial charge in [-0.15, -0.1) is 0 Å². The number of rotatable bonds is 11. The first-order chi connectivity index (χ1) is 23.9. The van der Waals surface area contributed by atoms with E-state index in [1.807, 2.05) is 12.1 Å². The van der Waals surface area contributed by atoms with Crippen LogP contribution in [0.25, 0.3) is 0 Å². The number of anilines is 5. The number of ether oxygens (including phenoxy) is 1. The van der Waals surface area contributed by atoms with Crippen molar-refractivity contribution in [3.05, 3.63) is 72.6 Å². The van der Waals surface area contributed by atoms with E-state index in [1.165, 1.54) is 43.9 Å². The van der Waals surface area contributed by atoms with Gasteiger partial charge < -0.3 is 25.2 Å². The molecule has 4 fully saturated rings. The molecular weight excluding hydrogens is 630 g/mol. The lowest BCUT2D eigenvalue weighted by Gasteiger charge is -2.43. The predicted octanol–water partition coefficient (Wildman–Crippen LogP) is 5.51. The Morgan fingerprint density at radius 2 is 1.71 bits per heavy atom. The second kappa shape index (κ2) is 14.7. The zero-order chi connectivity index (χ0) is 33.9. The zero-order valence-corrected chi connectivity index (χ0v) is 27.9. The lowest BCUT2D eigenvalue weighted by molar-refractivity contribution is -0.111. The van der Waals surface area contributed by atoms with Crippen molar-refractivity contribution in [2.24, 2.45) is 5.92 Å². The number of nitrogens with one attached hydrogen (secondary N) is 2. The van der Waals surface area contributed by atoms with Gasteiger partial charge in [-0.1, -0.05) is 6.58 Å². The maximum absolute atomic E-state index is 14.0. The summed E-state index contributed by atoms with van der Waals surface area (Å²) in [4.78, 5) is 34.8. The zero-order valence-electron chi connectivity index (χ0n) is 27.9. The number of piperidine rings is 1. The fourth-order valence-electron chi connectivity index (χ4n) is 7.27. The number of methoxy groups -OCH3 is 1. The minimum Gasteiger partial charge on any atom is -0.494 e. The normalized spacial score (nSPS) is 20.8. The van der Waals surface area contributed by atoms with Gasteiger partial charge in [0.25, 0.3) is 0 Å². The van der Waals surface area contributed by atoms with Crippen LogP contribution in [0.3, 0.4) is 0 Å². The van der Waals surface area contributed by atoms with Crippen molar-refractivity contribution in [2.45, 2.75) is 44.2 Å². The second-order valence-corrected chi connectivity index (χ2v) is 13.3. The number of benzene rings is 2. The number of carbonyl (C=O) groups excluding carboxylic acids is 1. The number of aromatic nitrogens is 2. The summed E-state index contributed by atoms with van der Waals surface area (Å²) >= 11 is 0. The Balaban J connectivity index is 1.07. The molecule has 1 atom stereocenters.